The van der Waals surface area contributed by atoms with E-state index in [-0.39, 0.29) is 5.91 Å². The van der Waals surface area contributed by atoms with Crippen LogP contribution in [0.15, 0.2) is 12.1 Å². The van der Waals surface area contributed by atoms with Crippen LogP contribution < -0.4 is 10.6 Å². The standard InChI is InChI=1S/C10H16N4O/c1-3-7-12-9-6-5-8(13-14-9)10(15)11-4-2/h5-6H,3-4,7H2,1-2H3,(H,11,15)(H,12,14). The Morgan fingerprint density at radius 3 is 2.67 bits per heavy atom. The Kier molecular flexibility index (Phi) is 4.53. The number of carbonyl (C=O) groups excluding carboxylic acids is 1. The first kappa shape index (κ1) is 11.4. The van der Waals surface area contributed by atoms with Crippen molar-refractivity contribution in [2.45, 2.75) is 20.3 Å². The quantitative estimate of drug-likeness (QED) is 0.759. The van der Waals surface area contributed by atoms with Gasteiger partial charge in [-0.05, 0) is 25.5 Å². The maximum absolute atomic E-state index is 11.3. The molecule has 1 heterocycles. The number of carbonyl (C=O) groups is 1. The van der Waals surface area contributed by atoms with Crippen LogP contribution in [0.25, 0.3) is 0 Å². The van der Waals surface area contributed by atoms with Gasteiger partial charge in [0.15, 0.2) is 5.69 Å². The van der Waals surface area contributed by atoms with Gasteiger partial charge in [-0.25, -0.2) is 0 Å². The molecule has 5 nitrogen and oxygen atoms in total. The third-order valence-electron chi connectivity index (χ3n) is 1.79. The van der Waals surface area contributed by atoms with Crippen molar-refractivity contribution in [3.05, 3.63) is 17.8 Å². The molecule has 0 saturated carbocycles. The van der Waals surface area contributed by atoms with Crippen molar-refractivity contribution in [1.29, 1.82) is 0 Å². The van der Waals surface area contributed by atoms with Gasteiger partial charge < -0.3 is 10.6 Å². The fourth-order valence-electron chi connectivity index (χ4n) is 1.05. The number of nitrogens with zero attached hydrogens (tertiary/aromatic N) is 2. The predicted octanol–water partition coefficient (Wildman–Crippen LogP) is 1.05. The summed E-state index contributed by atoms with van der Waals surface area (Å²) in [5.41, 5.74) is 0.346. The number of hydrogen-bond acceptors (Lipinski definition) is 4. The maximum atomic E-state index is 11.3. The average molecular weight is 208 g/mol. The average Bonchev–Trinajstić information content (AvgIpc) is 2.27. The monoisotopic (exact) mass is 208 g/mol. The minimum atomic E-state index is -0.188. The van der Waals surface area contributed by atoms with Gasteiger partial charge in [0, 0.05) is 13.1 Å². The van der Waals surface area contributed by atoms with Crippen LogP contribution in [0.3, 0.4) is 0 Å². The second-order valence-electron chi connectivity index (χ2n) is 3.09. The molecule has 5 heteroatoms. The molecule has 0 saturated heterocycles. The molecule has 1 aromatic heterocycles. The Labute approximate surface area is 89.3 Å². The summed E-state index contributed by atoms with van der Waals surface area (Å²) in [5.74, 6) is 0.511. The molecular formula is C10H16N4O. The molecule has 82 valence electrons. The van der Waals surface area contributed by atoms with Gasteiger partial charge in [0.1, 0.15) is 5.82 Å². The van der Waals surface area contributed by atoms with Crippen molar-refractivity contribution < 1.29 is 4.79 Å². The first-order chi connectivity index (χ1) is 7.27. The van der Waals surface area contributed by atoms with Gasteiger partial charge in [0.25, 0.3) is 5.91 Å². The first-order valence-electron chi connectivity index (χ1n) is 5.13. The van der Waals surface area contributed by atoms with Crippen molar-refractivity contribution in [3.8, 4) is 0 Å². The summed E-state index contributed by atoms with van der Waals surface area (Å²) in [6.45, 7) is 5.39. The molecule has 0 spiro atoms. The van der Waals surface area contributed by atoms with E-state index in [1.54, 1.807) is 12.1 Å². The summed E-state index contributed by atoms with van der Waals surface area (Å²) >= 11 is 0. The number of rotatable bonds is 5. The molecule has 1 amide bonds. The zero-order valence-corrected chi connectivity index (χ0v) is 9.08. The summed E-state index contributed by atoms with van der Waals surface area (Å²) in [6.07, 6.45) is 1.03. The molecule has 0 unspecified atom stereocenters. The topological polar surface area (TPSA) is 66.9 Å². The Balaban J connectivity index is 2.59. The molecule has 1 aromatic rings. The Bertz CT molecular complexity index is 310. The van der Waals surface area contributed by atoms with Gasteiger partial charge in [-0.15, -0.1) is 10.2 Å². The molecule has 0 aromatic carbocycles. The lowest BCUT2D eigenvalue weighted by atomic mass is 10.3. The van der Waals surface area contributed by atoms with Crippen molar-refractivity contribution in [2.75, 3.05) is 18.4 Å². The highest BCUT2D eigenvalue weighted by Gasteiger charge is 2.05. The second-order valence-corrected chi connectivity index (χ2v) is 3.09. The minimum Gasteiger partial charge on any atom is -0.369 e. The van der Waals surface area contributed by atoms with E-state index in [2.05, 4.69) is 27.8 Å². The molecule has 0 radical (unpaired) electrons. The van der Waals surface area contributed by atoms with E-state index in [1.165, 1.54) is 0 Å². The van der Waals surface area contributed by atoms with Gasteiger partial charge in [0.05, 0.1) is 0 Å². The van der Waals surface area contributed by atoms with Crippen LogP contribution in [0.2, 0.25) is 0 Å². The molecule has 0 aliphatic heterocycles. The smallest absolute Gasteiger partial charge is 0.271 e. The summed E-state index contributed by atoms with van der Waals surface area (Å²) in [6, 6.07) is 3.42. The number of hydrogen-bond donors (Lipinski definition) is 2. The second kappa shape index (κ2) is 5.95. The van der Waals surface area contributed by atoms with E-state index < -0.39 is 0 Å². The molecular weight excluding hydrogens is 192 g/mol. The summed E-state index contributed by atoms with van der Waals surface area (Å²) in [4.78, 5) is 11.3. The molecule has 0 aliphatic carbocycles. The molecule has 0 bridgehead atoms. The maximum Gasteiger partial charge on any atom is 0.271 e. The molecule has 2 N–H and O–H groups in total. The third-order valence-corrected chi connectivity index (χ3v) is 1.79. The van der Waals surface area contributed by atoms with E-state index in [1.807, 2.05) is 6.92 Å². The van der Waals surface area contributed by atoms with Crippen LogP contribution in [0.5, 0.6) is 0 Å². The lowest BCUT2D eigenvalue weighted by Crippen LogP contribution is -2.24. The lowest BCUT2D eigenvalue weighted by Gasteiger charge is -2.03. The van der Waals surface area contributed by atoms with E-state index in [0.717, 1.165) is 13.0 Å². The molecule has 15 heavy (non-hydrogen) atoms. The van der Waals surface area contributed by atoms with Crippen molar-refractivity contribution in [3.63, 3.8) is 0 Å². The first-order valence-corrected chi connectivity index (χ1v) is 5.13. The lowest BCUT2D eigenvalue weighted by molar-refractivity contribution is 0.0950. The summed E-state index contributed by atoms with van der Waals surface area (Å²) < 4.78 is 0. The third kappa shape index (κ3) is 3.53. The number of aromatic nitrogens is 2. The summed E-state index contributed by atoms with van der Waals surface area (Å²) in [7, 11) is 0. The van der Waals surface area contributed by atoms with Gasteiger partial charge in [0.2, 0.25) is 0 Å². The SMILES string of the molecule is CCCNc1ccc(C(=O)NCC)nn1. The van der Waals surface area contributed by atoms with E-state index in [9.17, 15) is 4.79 Å². The molecule has 1 rings (SSSR count). The van der Waals surface area contributed by atoms with Crippen molar-refractivity contribution >= 4 is 11.7 Å². The Hall–Kier alpha value is -1.65. The fourth-order valence-corrected chi connectivity index (χ4v) is 1.05. The normalized spacial score (nSPS) is 9.73. The van der Waals surface area contributed by atoms with Crippen LogP contribution in [0.1, 0.15) is 30.8 Å². The highest BCUT2D eigenvalue weighted by atomic mass is 16.1. The number of amides is 1. The van der Waals surface area contributed by atoms with Crippen LogP contribution in [0, 0.1) is 0 Å². The van der Waals surface area contributed by atoms with E-state index in [4.69, 9.17) is 0 Å². The minimum absolute atomic E-state index is 0.188. The molecule has 0 atom stereocenters. The highest BCUT2D eigenvalue weighted by molar-refractivity contribution is 5.92. The zero-order valence-electron chi connectivity index (χ0n) is 9.08. The van der Waals surface area contributed by atoms with Gasteiger partial charge in [-0.2, -0.15) is 0 Å². The summed E-state index contributed by atoms with van der Waals surface area (Å²) in [5, 5.41) is 13.5. The number of anilines is 1. The van der Waals surface area contributed by atoms with Crippen LogP contribution in [0.4, 0.5) is 5.82 Å². The molecule has 0 aliphatic rings. The van der Waals surface area contributed by atoms with Gasteiger partial charge in [-0.1, -0.05) is 6.92 Å². The Morgan fingerprint density at radius 2 is 2.13 bits per heavy atom. The van der Waals surface area contributed by atoms with Crippen LogP contribution >= 0.6 is 0 Å². The van der Waals surface area contributed by atoms with Crippen LogP contribution in [-0.4, -0.2) is 29.2 Å². The molecule has 0 fully saturated rings. The van der Waals surface area contributed by atoms with Crippen LogP contribution in [-0.2, 0) is 0 Å². The predicted molar refractivity (Wildman–Crippen MR) is 58.8 cm³/mol. The Morgan fingerprint density at radius 1 is 1.33 bits per heavy atom. The van der Waals surface area contributed by atoms with E-state index in [0.29, 0.717) is 18.1 Å². The zero-order chi connectivity index (χ0) is 11.1. The van der Waals surface area contributed by atoms with Gasteiger partial charge >= 0.3 is 0 Å². The van der Waals surface area contributed by atoms with Crippen molar-refractivity contribution in [2.24, 2.45) is 0 Å². The van der Waals surface area contributed by atoms with Gasteiger partial charge in [-0.3, -0.25) is 4.79 Å². The van der Waals surface area contributed by atoms with Crippen molar-refractivity contribution in [1.82, 2.24) is 15.5 Å². The fraction of sp³-hybridized carbons (Fsp3) is 0.500. The highest BCUT2D eigenvalue weighted by Crippen LogP contribution is 2.01. The number of nitrogens with one attached hydrogen (secondary N) is 2. The van der Waals surface area contributed by atoms with E-state index >= 15 is 0 Å². The largest absolute Gasteiger partial charge is 0.369 e.